The van der Waals surface area contributed by atoms with Gasteiger partial charge in [-0.1, -0.05) is 19.9 Å². The molecule has 2 aromatic rings. The van der Waals surface area contributed by atoms with Gasteiger partial charge < -0.3 is 4.42 Å². The van der Waals surface area contributed by atoms with Crippen LogP contribution in [0, 0.1) is 12.0 Å². The predicted molar refractivity (Wildman–Crippen MR) is 51.4 cm³/mol. The summed E-state index contributed by atoms with van der Waals surface area (Å²) in [5.41, 5.74) is 1.76. The molecule has 1 aromatic heterocycles. The van der Waals surface area contributed by atoms with Crippen LogP contribution in [0.4, 0.5) is 0 Å². The van der Waals surface area contributed by atoms with Gasteiger partial charge in [0.15, 0.2) is 11.5 Å². The van der Waals surface area contributed by atoms with Crippen LogP contribution in [0.3, 0.4) is 0 Å². The Morgan fingerprint density at radius 2 is 2.38 bits per heavy atom. The molecule has 0 saturated carbocycles. The van der Waals surface area contributed by atoms with Crippen LogP contribution >= 0.6 is 0 Å². The Morgan fingerprint density at radius 3 is 3.08 bits per heavy atom. The van der Waals surface area contributed by atoms with Crippen molar-refractivity contribution in [1.29, 1.82) is 0 Å². The van der Waals surface area contributed by atoms with E-state index < -0.39 is 0 Å². The number of benzene rings is 1. The molecule has 0 aliphatic heterocycles. The van der Waals surface area contributed by atoms with Crippen molar-refractivity contribution in [3.8, 4) is 0 Å². The maximum Gasteiger partial charge on any atom is 0.195 e. The Bertz CT molecular complexity index is 370. The average molecular weight is 174 g/mol. The number of nitrogens with zero attached hydrogens (tertiary/aromatic N) is 1. The van der Waals surface area contributed by atoms with Gasteiger partial charge in [-0.05, 0) is 24.1 Å². The van der Waals surface area contributed by atoms with Gasteiger partial charge in [0.2, 0.25) is 0 Å². The third kappa shape index (κ3) is 1.72. The molecule has 0 atom stereocenters. The van der Waals surface area contributed by atoms with Crippen molar-refractivity contribution in [1.82, 2.24) is 4.98 Å². The van der Waals surface area contributed by atoms with E-state index in [0.717, 1.165) is 23.4 Å². The van der Waals surface area contributed by atoms with Crippen molar-refractivity contribution in [3.63, 3.8) is 0 Å². The fraction of sp³-hybridized carbons (Fsp3) is 0.364. The van der Waals surface area contributed by atoms with Crippen molar-refractivity contribution in [3.05, 3.63) is 30.2 Å². The number of fused-ring (bicyclic) bond motifs is 1. The van der Waals surface area contributed by atoms with Crippen molar-refractivity contribution in [2.45, 2.75) is 20.3 Å². The number of aromatic nitrogens is 1. The van der Waals surface area contributed by atoms with Gasteiger partial charge in [0.25, 0.3) is 0 Å². The molecule has 0 N–H and O–H groups in total. The van der Waals surface area contributed by atoms with Gasteiger partial charge in [-0.3, -0.25) is 0 Å². The maximum absolute atomic E-state index is 5.55. The van der Waals surface area contributed by atoms with Crippen LogP contribution in [-0.2, 0) is 6.42 Å². The minimum atomic E-state index is 0.581. The molecular formula is C11H12NO. The first-order valence-electron chi connectivity index (χ1n) is 4.51. The molecule has 0 aliphatic carbocycles. The van der Waals surface area contributed by atoms with Gasteiger partial charge in [0.05, 0.1) is 0 Å². The Hall–Kier alpha value is -1.31. The third-order valence-electron chi connectivity index (χ3n) is 1.86. The summed E-state index contributed by atoms with van der Waals surface area (Å²) in [6.07, 6.45) is 0.898. The molecule has 2 rings (SSSR count). The molecule has 0 unspecified atom stereocenters. The van der Waals surface area contributed by atoms with Gasteiger partial charge in [-0.25, -0.2) is 4.98 Å². The molecule has 1 aromatic carbocycles. The zero-order valence-electron chi connectivity index (χ0n) is 7.87. The predicted octanol–water partition coefficient (Wildman–Crippen LogP) is 2.83. The molecule has 67 valence electrons. The van der Waals surface area contributed by atoms with Crippen molar-refractivity contribution >= 4 is 11.1 Å². The summed E-state index contributed by atoms with van der Waals surface area (Å²) in [7, 11) is 0. The monoisotopic (exact) mass is 174 g/mol. The Morgan fingerprint density at radius 1 is 1.54 bits per heavy atom. The van der Waals surface area contributed by atoms with Gasteiger partial charge in [-0.2, -0.15) is 0 Å². The standard InChI is InChI=1S/C11H12NO/c1-8(2)7-11-12-9-5-3-4-6-10(9)13-11/h4-6,8H,7H2,1-2H3. The van der Waals surface area contributed by atoms with Crippen molar-refractivity contribution in [2.24, 2.45) is 5.92 Å². The Kier molecular flexibility index (Phi) is 2.05. The molecule has 0 bridgehead atoms. The second-order valence-corrected chi connectivity index (χ2v) is 3.60. The van der Waals surface area contributed by atoms with E-state index in [1.807, 2.05) is 18.2 Å². The fourth-order valence-corrected chi connectivity index (χ4v) is 1.30. The normalized spacial score (nSPS) is 11.3. The molecule has 1 radical (unpaired) electrons. The first-order chi connectivity index (χ1) is 6.25. The van der Waals surface area contributed by atoms with E-state index in [2.05, 4.69) is 24.9 Å². The first kappa shape index (κ1) is 8.30. The van der Waals surface area contributed by atoms with Gasteiger partial charge >= 0.3 is 0 Å². The van der Waals surface area contributed by atoms with Crippen LogP contribution < -0.4 is 0 Å². The van der Waals surface area contributed by atoms with E-state index in [1.54, 1.807) is 0 Å². The highest BCUT2D eigenvalue weighted by Gasteiger charge is 2.05. The summed E-state index contributed by atoms with van der Waals surface area (Å²) in [6, 6.07) is 8.56. The lowest BCUT2D eigenvalue weighted by Gasteiger charge is -1.96. The van der Waals surface area contributed by atoms with Crippen LogP contribution in [0.15, 0.2) is 22.6 Å². The lowest BCUT2D eigenvalue weighted by molar-refractivity contribution is 0.482. The smallest absolute Gasteiger partial charge is 0.195 e. The number of oxazole rings is 1. The minimum absolute atomic E-state index is 0.581. The van der Waals surface area contributed by atoms with Crippen molar-refractivity contribution < 1.29 is 4.42 Å². The van der Waals surface area contributed by atoms with Crippen LogP contribution in [0.1, 0.15) is 19.7 Å². The van der Waals surface area contributed by atoms with E-state index in [9.17, 15) is 0 Å². The molecule has 0 saturated heterocycles. The average Bonchev–Trinajstić information content (AvgIpc) is 2.44. The van der Waals surface area contributed by atoms with E-state index in [0.29, 0.717) is 5.92 Å². The molecule has 0 amide bonds. The lowest BCUT2D eigenvalue weighted by atomic mass is 10.1. The highest BCUT2D eigenvalue weighted by molar-refractivity contribution is 5.71. The van der Waals surface area contributed by atoms with Crippen molar-refractivity contribution in [2.75, 3.05) is 0 Å². The molecule has 2 heteroatoms. The Balaban J connectivity index is 2.38. The van der Waals surface area contributed by atoms with Crippen LogP contribution in [0.5, 0.6) is 0 Å². The quantitative estimate of drug-likeness (QED) is 0.699. The summed E-state index contributed by atoms with van der Waals surface area (Å²) in [6.45, 7) is 4.31. The highest BCUT2D eigenvalue weighted by atomic mass is 16.3. The third-order valence-corrected chi connectivity index (χ3v) is 1.86. The summed E-state index contributed by atoms with van der Waals surface area (Å²) in [5.74, 6) is 1.40. The second kappa shape index (κ2) is 3.21. The summed E-state index contributed by atoms with van der Waals surface area (Å²) < 4.78 is 5.55. The minimum Gasteiger partial charge on any atom is -0.441 e. The molecular weight excluding hydrogens is 162 g/mol. The van der Waals surface area contributed by atoms with E-state index in [-0.39, 0.29) is 0 Å². The fourth-order valence-electron chi connectivity index (χ4n) is 1.30. The molecule has 0 aliphatic rings. The van der Waals surface area contributed by atoms with Crippen LogP contribution in [0.2, 0.25) is 0 Å². The van der Waals surface area contributed by atoms with Gasteiger partial charge in [-0.15, -0.1) is 0 Å². The summed E-state index contributed by atoms with van der Waals surface area (Å²) in [5, 5.41) is 0. The molecule has 2 nitrogen and oxygen atoms in total. The summed E-state index contributed by atoms with van der Waals surface area (Å²) >= 11 is 0. The lowest BCUT2D eigenvalue weighted by Crippen LogP contribution is -1.93. The van der Waals surface area contributed by atoms with Gasteiger partial charge in [0.1, 0.15) is 5.52 Å². The first-order valence-corrected chi connectivity index (χ1v) is 4.51. The van der Waals surface area contributed by atoms with E-state index >= 15 is 0 Å². The number of hydrogen-bond acceptors (Lipinski definition) is 2. The Labute approximate surface area is 77.6 Å². The number of rotatable bonds is 2. The molecule has 0 fully saturated rings. The van der Waals surface area contributed by atoms with Gasteiger partial charge in [0, 0.05) is 6.42 Å². The van der Waals surface area contributed by atoms with E-state index in [1.165, 1.54) is 0 Å². The molecule has 1 heterocycles. The molecule has 0 spiro atoms. The maximum atomic E-state index is 5.55. The highest BCUT2D eigenvalue weighted by Crippen LogP contribution is 2.16. The number of hydrogen-bond donors (Lipinski definition) is 0. The van der Waals surface area contributed by atoms with E-state index in [4.69, 9.17) is 4.42 Å². The van der Waals surface area contributed by atoms with Crippen LogP contribution in [0.25, 0.3) is 11.1 Å². The summed E-state index contributed by atoms with van der Waals surface area (Å²) in [4.78, 5) is 4.35. The zero-order valence-corrected chi connectivity index (χ0v) is 7.87. The second-order valence-electron chi connectivity index (χ2n) is 3.60. The largest absolute Gasteiger partial charge is 0.441 e. The molecule has 13 heavy (non-hydrogen) atoms. The van der Waals surface area contributed by atoms with Crippen LogP contribution in [-0.4, -0.2) is 4.98 Å². The topological polar surface area (TPSA) is 26.0 Å². The SMILES string of the molecule is CC(C)Cc1nc2c[c]ccc2o1. The zero-order chi connectivity index (χ0) is 9.26.